The minimum absolute atomic E-state index is 0.0661. The van der Waals surface area contributed by atoms with E-state index in [1.54, 1.807) is 12.1 Å². The molecule has 0 radical (unpaired) electrons. The van der Waals surface area contributed by atoms with Gasteiger partial charge >= 0.3 is 0 Å². The molecular formula is C11H14Br2N2O2S. The monoisotopic (exact) mass is 396 g/mol. The Balaban J connectivity index is 2.30. The van der Waals surface area contributed by atoms with Crippen LogP contribution in [0, 0.1) is 5.92 Å². The van der Waals surface area contributed by atoms with Gasteiger partial charge in [-0.25, -0.2) is 13.1 Å². The van der Waals surface area contributed by atoms with Crippen molar-refractivity contribution in [3.8, 4) is 0 Å². The predicted octanol–water partition coefficient (Wildman–Crippen LogP) is 2.87. The predicted molar refractivity (Wildman–Crippen MR) is 78.8 cm³/mol. The summed E-state index contributed by atoms with van der Waals surface area (Å²) in [4.78, 5) is 0.207. The van der Waals surface area contributed by atoms with Gasteiger partial charge in [0.05, 0.1) is 0 Å². The molecule has 2 atom stereocenters. The van der Waals surface area contributed by atoms with Gasteiger partial charge in [0.15, 0.2) is 0 Å². The first kappa shape index (κ1) is 14.3. The lowest BCUT2D eigenvalue weighted by Crippen LogP contribution is -2.27. The van der Waals surface area contributed by atoms with Crippen LogP contribution in [0.1, 0.15) is 19.8 Å². The number of nitrogens with two attached hydrogens (primary N) is 1. The molecule has 0 amide bonds. The molecule has 4 nitrogen and oxygen atoms in total. The van der Waals surface area contributed by atoms with Gasteiger partial charge in [0.25, 0.3) is 0 Å². The van der Waals surface area contributed by atoms with Gasteiger partial charge in [-0.05, 0) is 56.3 Å². The van der Waals surface area contributed by atoms with Crippen molar-refractivity contribution in [2.24, 2.45) is 5.92 Å². The molecule has 1 aliphatic carbocycles. The number of sulfonamides is 1. The molecule has 1 saturated carbocycles. The Morgan fingerprint density at radius 3 is 2.39 bits per heavy atom. The van der Waals surface area contributed by atoms with Gasteiger partial charge in [0, 0.05) is 20.7 Å². The highest BCUT2D eigenvalue weighted by Crippen LogP contribution is 2.37. The summed E-state index contributed by atoms with van der Waals surface area (Å²) in [6.45, 7) is 2.06. The maximum absolute atomic E-state index is 12.3. The minimum Gasteiger partial charge on any atom is -0.399 e. The molecule has 1 aromatic rings. The van der Waals surface area contributed by atoms with Crippen LogP contribution < -0.4 is 10.5 Å². The second-order valence-electron chi connectivity index (χ2n) is 4.45. The van der Waals surface area contributed by atoms with Crippen molar-refractivity contribution in [2.75, 3.05) is 5.73 Å². The molecule has 18 heavy (non-hydrogen) atoms. The summed E-state index contributed by atoms with van der Waals surface area (Å²) in [7, 11) is -3.52. The number of anilines is 1. The smallest absolute Gasteiger partial charge is 0.243 e. The van der Waals surface area contributed by atoms with Crippen molar-refractivity contribution >= 4 is 47.6 Å². The number of nitrogens with one attached hydrogen (secondary N) is 1. The molecule has 1 fully saturated rings. The molecule has 100 valence electrons. The maximum Gasteiger partial charge on any atom is 0.243 e. The van der Waals surface area contributed by atoms with Crippen molar-refractivity contribution in [3.05, 3.63) is 21.1 Å². The van der Waals surface area contributed by atoms with E-state index < -0.39 is 10.0 Å². The van der Waals surface area contributed by atoms with Crippen LogP contribution in [-0.4, -0.2) is 14.5 Å². The normalized spacial score (nSPS) is 23.1. The number of nitrogen functional groups attached to an aromatic ring is 1. The number of hydrogen-bond acceptors (Lipinski definition) is 3. The molecule has 0 aromatic heterocycles. The van der Waals surface area contributed by atoms with Crippen LogP contribution in [0.2, 0.25) is 0 Å². The van der Waals surface area contributed by atoms with Crippen LogP contribution in [0.4, 0.5) is 5.69 Å². The van der Waals surface area contributed by atoms with Crippen molar-refractivity contribution in [2.45, 2.75) is 30.7 Å². The van der Waals surface area contributed by atoms with Gasteiger partial charge in [-0.3, -0.25) is 0 Å². The fourth-order valence-electron chi connectivity index (χ4n) is 1.94. The highest BCUT2D eigenvalue weighted by atomic mass is 79.9. The Morgan fingerprint density at radius 2 is 1.94 bits per heavy atom. The Hall–Kier alpha value is -0.110. The zero-order chi connectivity index (χ0) is 13.5. The van der Waals surface area contributed by atoms with Gasteiger partial charge in [-0.15, -0.1) is 0 Å². The maximum atomic E-state index is 12.3. The van der Waals surface area contributed by atoms with Gasteiger partial charge < -0.3 is 5.73 Å². The van der Waals surface area contributed by atoms with Crippen molar-refractivity contribution in [1.29, 1.82) is 0 Å². The van der Waals surface area contributed by atoms with E-state index in [0.29, 0.717) is 20.6 Å². The lowest BCUT2D eigenvalue weighted by Gasteiger charge is -2.11. The van der Waals surface area contributed by atoms with E-state index in [1.165, 1.54) is 0 Å². The molecule has 1 aromatic carbocycles. The summed E-state index contributed by atoms with van der Waals surface area (Å²) in [6.07, 6.45) is 1.91. The Morgan fingerprint density at radius 1 is 1.39 bits per heavy atom. The van der Waals surface area contributed by atoms with Crippen LogP contribution in [0.25, 0.3) is 0 Å². The molecule has 0 bridgehead atoms. The zero-order valence-corrected chi connectivity index (χ0v) is 13.8. The first-order chi connectivity index (χ1) is 8.35. The van der Waals surface area contributed by atoms with E-state index in [2.05, 4.69) is 43.5 Å². The molecule has 0 aliphatic heterocycles. The summed E-state index contributed by atoms with van der Waals surface area (Å²) in [5.41, 5.74) is 6.16. The van der Waals surface area contributed by atoms with Gasteiger partial charge in [0.1, 0.15) is 4.90 Å². The summed E-state index contributed by atoms with van der Waals surface area (Å²) in [5.74, 6) is 0.464. The van der Waals surface area contributed by atoms with Gasteiger partial charge in [-0.2, -0.15) is 0 Å². The second kappa shape index (κ2) is 5.11. The number of benzene rings is 1. The molecule has 2 unspecified atom stereocenters. The van der Waals surface area contributed by atoms with Crippen LogP contribution in [0.15, 0.2) is 26.0 Å². The topological polar surface area (TPSA) is 72.2 Å². The molecule has 1 aliphatic rings. The third-order valence-electron chi connectivity index (χ3n) is 3.04. The highest BCUT2D eigenvalue weighted by Gasteiger charge is 2.39. The summed E-state index contributed by atoms with van der Waals surface area (Å²) in [6, 6.07) is 3.24. The molecule has 2 rings (SSSR count). The number of hydrogen-bond donors (Lipinski definition) is 2. The molecule has 0 saturated heterocycles. The number of halogens is 2. The van der Waals surface area contributed by atoms with Gasteiger partial charge in [-0.1, -0.05) is 13.3 Å². The molecular weight excluding hydrogens is 384 g/mol. The lowest BCUT2D eigenvalue weighted by atomic mass is 10.3. The van der Waals surface area contributed by atoms with E-state index in [1.807, 2.05) is 0 Å². The standard InChI is InChI=1S/C11H14Br2N2O2S/c1-2-6-3-10(6)15-18(16,17)11-8(12)4-7(14)5-9(11)13/h4-6,10,15H,2-3,14H2,1H3. The first-order valence-corrected chi connectivity index (χ1v) is 8.69. The summed E-state index contributed by atoms with van der Waals surface area (Å²) in [5, 5.41) is 0. The van der Waals surface area contributed by atoms with E-state index in [9.17, 15) is 8.42 Å². The van der Waals surface area contributed by atoms with Crippen LogP contribution in [0.3, 0.4) is 0 Å². The SMILES string of the molecule is CCC1CC1NS(=O)(=O)c1c(Br)cc(N)cc1Br. The molecule has 3 N–H and O–H groups in total. The third-order valence-corrected chi connectivity index (χ3v) is 6.41. The average molecular weight is 398 g/mol. The first-order valence-electron chi connectivity index (χ1n) is 5.62. The van der Waals surface area contributed by atoms with E-state index in [-0.39, 0.29) is 10.9 Å². The van der Waals surface area contributed by atoms with Crippen molar-refractivity contribution in [3.63, 3.8) is 0 Å². The summed E-state index contributed by atoms with van der Waals surface area (Å²) < 4.78 is 28.2. The molecule has 0 spiro atoms. The number of rotatable bonds is 4. The van der Waals surface area contributed by atoms with Crippen LogP contribution in [-0.2, 0) is 10.0 Å². The lowest BCUT2D eigenvalue weighted by molar-refractivity contribution is 0.575. The van der Waals surface area contributed by atoms with Gasteiger partial charge in [0.2, 0.25) is 10.0 Å². The van der Waals surface area contributed by atoms with Crippen molar-refractivity contribution in [1.82, 2.24) is 4.72 Å². The molecule has 7 heteroatoms. The van der Waals surface area contributed by atoms with E-state index in [4.69, 9.17) is 5.73 Å². The third kappa shape index (κ3) is 2.89. The second-order valence-corrected chi connectivity index (χ2v) is 7.80. The largest absolute Gasteiger partial charge is 0.399 e. The van der Waals surface area contributed by atoms with E-state index in [0.717, 1.165) is 12.8 Å². The molecule has 0 heterocycles. The quantitative estimate of drug-likeness (QED) is 0.767. The van der Waals surface area contributed by atoms with E-state index >= 15 is 0 Å². The Bertz CT molecular complexity index is 551. The highest BCUT2D eigenvalue weighted by molar-refractivity contribution is 9.11. The minimum atomic E-state index is -3.52. The zero-order valence-electron chi connectivity index (χ0n) is 9.78. The average Bonchev–Trinajstić information content (AvgIpc) is 2.92. The van der Waals surface area contributed by atoms with Crippen LogP contribution in [0.5, 0.6) is 0 Å². The fourth-order valence-corrected chi connectivity index (χ4v) is 5.87. The van der Waals surface area contributed by atoms with Crippen molar-refractivity contribution < 1.29 is 8.42 Å². The Labute approximate surface area is 124 Å². The fraction of sp³-hybridized carbons (Fsp3) is 0.455. The summed E-state index contributed by atoms with van der Waals surface area (Å²) >= 11 is 6.49. The Kier molecular flexibility index (Phi) is 4.06. The van der Waals surface area contributed by atoms with Crippen LogP contribution >= 0.6 is 31.9 Å².